The fourth-order valence-electron chi connectivity index (χ4n) is 1.92. The summed E-state index contributed by atoms with van der Waals surface area (Å²) in [5, 5.41) is 13.1. The van der Waals surface area contributed by atoms with Crippen molar-refractivity contribution in [2.75, 3.05) is 13.2 Å². The maximum atomic E-state index is 9.22. The lowest BCUT2D eigenvalue weighted by Crippen LogP contribution is -2.31. The highest BCUT2D eigenvalue weighted by Gasteiger charge is 2.13. The fraction of sp³-hybridized carbons (Fsp3) is 0.625. The highest BCUT2D eigenvalue weighted by atomic mass is 35.5. The van der Waals surface area contributed by atoms with Crippen LogP contribution in [0.25, 0.3) is 0 Å². The predicted molar refractivity (Wildman–Crippen MR) is 86.4 cm³/mol. The van der Waals surface area contributed by atoms with E-state index in [0.29, 0.717) is 29.7 Å². The van der Waals surface area contributed by atoms with Crippen LogP contribution in [0.5, 0.6) is 11.5 Å². The monoisotopic (exact) mass is 315 g/mol. The molecule has 0 aliphatic carbocycles. The van der Waals surface area contributed by atoms with E-state index in [1.165, 1.54) is 0 Å². The van der Waals surface area contributed by atoms with Gasteiger partial charge in [0.2, 0.25) is 0 Å². The fourth-order valence-corrected chi connectivity index (χ4v) is 2.14. The van der Waals surface area contributed by atoms with E-state index in [1.54, 1.807) is 6.07 Å². The van der Waals surface area contributed by atoms with Crippen LogP contribution in [0.2, 0.25) is 5.02 Å². The zero-order chi connectivity index (χ0) is 15.8. The lowest BCUT2D eigenvalue weighted by molar-refractivity contribution is 0.223. The molecule has 0 fully saturated rings. The van der Waals surface area contributed by atoms with Crippen LogP contribution in [0.4, 0.5) is 0 Å². The predicted octanol–water partition coefficient (Wildman–Crippen LogP) is 3.39. The van der Waals surface area contributed by atoms with Gasteiger partial charge in [-0.2, -0.15) is 0 Å². The Morgan fingerprint density at radius 3 is 2.48 bits per heavy atom. The van der Waals surface area contributed by atoms with Gasteiger partial charge in [0.25, 0.3) is 0 Å². The van der Waals surface area contributed by atoms with Crippen LogP contribution in [0.3, 0.4) is 0 Å². The third kappa shape index (κ3) is 5.73. The van der Waals surface area contributed by atoms with Gasteiger partial charge < -0.3 is 19.9 Å². The molecule has 2 N–H and O–H groups in total. The Hall–Kier alpha value is -0.970. The number of rotatable bonds is 9. The Kier molecular flexibility index (Phi) is 7.86. The van der Waals surface area contributed by atoms with Gasteiger partial charge >= 0.3 is 0 Å². The zero-order valence-corrected chi connectivity index (χ0v) is 14.0. The van der Waals surface area contributed by atoms with Crippen molar-refractivity contribution in [2.24, 2.45) is 0 Å². The quantitative estimate of drug-likeness (QED) is 0.733. The van der Waals surface area contributed by atoms with Gasteiger partial charge in [0, 0.05) is 23.7 Å². The van der Waals surface area contributed by atoms with Crippen molar-refractivity contribution in [1.82, 2.24) is 5.32 Å². The summed E-state index contributed by atoms with van der Waals surface area (Å²) in [7, 11) is 0. The highest BCUT2D eigenvalue weighted by molar-refractivity contribution is 6.31. The summed E-state index contributed by atoms with van der Waals surface area (Å²) < 4.78 is 11.4. The standard InChI is InChI=1S/C16H26ClNO3/c1-5-13(10-19)18-9-12-7-15(20-6-2)16(8-14(12)17)21-11(3)4/h7-8,11,13,18-19H,5-6,9-10H2,1-4H3/t13-/m0/s1. The molecule has 0 unspecified atom stereocenters. The van der Waals surface area contributed by atoms with Gasteiger partial charge in [0.1, 0.15) is 0 Å². The molecular formula is C16H26ClNO3. The average molecular weight is 316 g/mol. The number of nitrogens with one attached hydrogen (secondary N) is 1. The van der Waals surface area contributed by atoms with Crippen molar-refractivity contribution in [2.45, 2.75) is 52.8 Å². The molecule has 0 amide bonds. The molecule has 0 aliphatic heterocycles. The second-order valence-corrected chi connectivity index (χ2v) is 5.57. The lowest BCUT2D eigenvalue weighted by atomic mass is 10.1. The molecule has 0 aliphatic rings. The highest BCUT2D eigenvalue weighted by Crippen LogP contribution is 2.34. The SMILES string of the molecule is CCOc1cc(CN[C@@H](CC)CO)c(Cl)cc1OC(C)C. The molecule has 5 heteroatoms. The van der Waals surface area contributed by atoms with Crippen molar-refractivity contribution in [3.05, 3.63) is 22.7 Å². The summed E-state index contributed by atoms with van der Waals surface area (Å²) in [6, 6.07) is 3.77. The molecule has 1 rings (SSSR count). The van der Waals surface area contributed by atoms with E-state index in [1.807, 2.05) is 33.8 Å². The molecule has 0 aromatic heterocycles. The third-order valence-corrected chi connectivity index (χ3v) is 3.42. The molecule has 1 atom stereocenters. The minimum absolute atomic E-state index is 0.0584. The molecule has 1 aromatic carbocycles. The number of benzene rings is 1. The maximum Gasteiger partial charge on any atom is 0.163 e. The first-order valence-electron chi connectivity index (χ1n) is 7.47. The van der Waals surface area contributed by atoms with E-state index in [2.05, 4.69) is 5.32 Å². The molecule has 4 nitrogen and oxygen atoms in total. The lowest BCUT2D eigenvalue weighted by Gasteiger charge is -2.18. The van der Waals surface area contributed by atoms with Gasteiger partial charge in [-0.05, 0) is 38.8 Å². The Balaban J connectivity index is 2.92. The maximum absolute atomic E-state index is 9.22. The first-order chi connectivity index (χ1) is 10.0. The molecule has 120 valence electrons. The molecule has 0 heterocycles. The topological polar surface area (TPSA) is 50.7 Å². The Morgan fingerprint density at radius 2 is 1.95 bits per heavy atom. The van der Waals surface area contributed by atoms with Crippen molar-refractivity contribution < 1.29 is 14.6 Å². The summed E-state index contributed by atoms with van der Waals surface area (Å²) in [5.41, 5.74) is 0.933. The van der Waals surface area contributed by atoms with Gasteiger partial charge in [-0.15, -0.1) is 0 Å². The van der Waals surface area contributed by atoms with Gasteiger partial charge in [-0.1, -0.05) is 18.5 Å². The smallest absolute Gasteiger partial charge is 0.163 e. The van der Waals surface area contributed by atoms with E-state index in [4.69, 9.17) is 21.1 Å². The number of ether oxygens (including phenoxy) is 2. The largest absolute Gasteiger partial charge is 0.490 e. The summed E-state index contributed by atoms with van der Waals surface area (Å²) in [6.07, 6.45) is 0.921. The van der Waals surface area contributed by atoms with Crippen LogP contribution in [-0.2, 0) is 6.54 Å². The number of aliphatic hydroxyl groups excluding tert-OH is 1. The van der Waals surface area contributed by atoms with Crippen LogP contribution < -0.4 is 14.8 Å². The number of aliphatic hydroxyl groups is 1. The Morgan fingerprint density at radius 1 is 1.24 bits per heavy atom. The molecule has 21 heavy (non-hydrogen) atoms. The van der Waals surface area contributed by atoms with E-state index >= 15 is 0 Å². The normalized spacial score (nSPS) is 12.5. The average Bonchev–Trinajstić information content (AvgIpc) is 2.43. The van der Waals surface area contributed by atoms with E-state index < -0.39 is 0 Å². The number of hydrogen-bond donors (Lipinski definition) is 2. The molecule has 1 aromatic rings. The minimum Gasteiger partial charge on any atom is -0.490 e. The summed E-state index contributed by atoms with van der Waals surface area (Å²) in [4.78, 5) is 0. The Bertz CT molecular complexity index is 434. The van der Waals surface area contributed by atoms with Crippen LogP contribution in [0.1, 0.15) is 39.7 Å². The second kappa shape index (κ2) is 9.13. The molecule has 0 radical (unpaired) electrons. The second-order valence-electron chi connectivity index (χ2n) is 5.16. The van der Waals surface area contributed by atoms with Gasteiger partial charge in [-0.25, -0.2) is 0 Å². The summed E-state index contributed by atoms with van der Waals surface area (Å²) in [6.45, 7) is 9.15. The van der Waals surface area contributed by atoms with Crippen molar-refractivity contribution in [1.29, 1.82) is 0 Å². The van der Waals surface area contributed by atoms with Crippen molar-refractivity contribution in [3.8, 4) is 11.5 Å². The number of halogens is 1. The van der Waals surface area contributed by atoms with E-state index in [9.17, 15) is 5.11 Å². The van der Waals surface area contributed by atoms with Crippen molar-refractivity contribution in [3.63, 3.8) is 0 Å². The van der Waals surface area contributed by atoms with Crippen LogP contribution >= 0.6 is 11.6 Å². The first kappa shape index (κ1) is 18.1. The van der Waals surface area contributed by atoms with Gasteiger partial charge in [-0.3, -0.25) is 0 Å². The molecule has 0 spiro atoms. The van der Waals surface area contributed by atoms with E-state index in [-0.39, 0.29) is 18.8 Å². The van der Waals surface area contributed by atoms with E-state index in [0.717, 1.165) is 12.0 Å². The van der Waals surface area contributed by atoms with Crippen molar-refractivity contribution >= 4 is 11.6 Å². The Labute approximate surface area is 132 Å². The van der Waals surface area contributed by atoms with Gasteiger partial charge in [0.15, 0.2) is 11.5 Å². The summed E-state index contributed by atoms with van der Waals surface area (Å²) >= 11 is 6.32. The molecule has 0 saturated carbocycles. The van der Waals surface area contributed by atoms with Crippen LogP contribution in [-0.4, -0.2) is 30.5 Å². The molecule has 0 saturated heterocycles. The van der Waals surface area contributed by atoms with Crippen LogP contribution in [0.15, 0.2) is 12.1 Å². The summed E-state index contributed by atoms with van der Waals surface area (Å²) in [5.74, 6) is 1.36. The van der Waals surface area contributed by atoms with Gasteiger partial charge in [0.05, 0.1) is 19.3 Å². The third-order valence-electron chi connectivity index (χ3n) is 3.07. The number of hydrogen-bond acceptors (Lipinski definition) is 4. The first-order valence-corrected chi connectivity index (χ1v) is 7.85. The zero-order valence-electron chi connectivity index (χ0n) is 13.3. The molecule has 0 bridgehead atoms. The van der Waals surface area contributed by atoms with Crippen LogP contribution in [0, 0.1) is 0 Å². The molecular weight excluding hydrogens is 290 g/mol. The minimum atomic E-state index is 0.0584.